The number of aliphatic hydroxyl groups is 1. The first kappa shape index (κ1) is 12.5. The molecule has 0 aliphatic carbocycles. The second-order valence-electron chi connectivity index (χ2n) is 4.11. The van der Waals surface area contributed by atoms with Crippen molar-refractivity contribution in [1.82, 2.24) is 9.80 Å². The van der Waals surface area contributed by atoms with Gasteiger partial charge in [0.15, 0.2) is 0 Å². The van der Waals surface area contributed by atoms with Crippen molar-refractivity contribution < 1.29 is 9.90 Å². The number of carbonyl (C=O) groups is 1. The Kier molecular flexibility index (Phi) is 5.05. The Morgan fingerprint density at radius 1 is 1.60 bits per heavy atom. The topological polar surface area (TPSA) is 43.8 Å². The van der Waals surface area contributed by atoms with E-state index in [-0.39, 0.29) is 12.5 Å². The van der Waals surface area contributed by atoms with E-state index in [1.165, 1.54) is 0 Å². The molecule has 0 spiro atoms. The van der Waals surface area contributed by atoms with E-state index in [0.29, 0.717) is 12.6 Å². The molecule has 1 aliphatic rings. The summed E-state index contributed by atoms with van der Waals surface area (Å²) >= 11 is 0. The molecule has 4 heteroatoms. The molecule has 1 atom stereocenters. The first-order chi connectivity index (χ1) is 7.19. The van der Waals surface area contributed by atoms with Gasteiger partial charge in [0.05, 0.1) is 6.61 Å². The average Bonchev–Trinajstić information content (AvgIpc) is 2.26. The molecule has 0 saturated carbocycles. The van der Waals surface area contributed by atoms with Crippen molar-refractivity contribution in [2.45, 2.75) is 32.7 Å². The molecule has 1 rings (SSSR count). The third-order valence-electron chi connectivity index (χ3n) is 3.15. The predicted octanol–water partition coefficient (Wildman–Crippen LogP) is 0.311. The molecule has 0 aromatic rings. The molecule has 15 heavy (non-hydrogen) atoms. The number of hydrogen-bond donors (Lipinski definition) is 1. The maximum atomic E-state index is 11.3. The molecule has 0 bridgehead atoms. The zero-order valence-electron chi connectivity index (χ0n) is 9.78. The van der Waals surface area contributed by atoms with Crippen LogP contribution in [0.1, 0.15) is 26.7 Å². The van der Waals surface area contributed by atoms with Crippen molar-refractivity contribution in [3.8, 4) is 0 Å². The fourth-order valence-corrected chi connectivity index (χ4v) is 2.27. The van der Waals surface area contributed by atoms with Gasteiger partial charge in [0.2, 0.25) is 5.91 Å². The van der Waals surface area contributed by atoms with Crippen molar-refractivity contribution in [2.24, 2.45) is 0 Å². The largest absolute Gasteiger partial charge is 0.395 e. The second kappa shape index (κ2) is 6.08. The molecule has 1 fully saturated rings. The van der Waals surface area contributed by atoms with Crippen molar-refractivity contribution >= 4 is 5.91 Å². The van der Waals surface area contributed by atoms with Gasteiger partial charge in [-0.2, -0.15) is 0 Å². The highest BCUT2D eigenvalue weighted by Crippen LogP contribution is 2.15. The molecule has 4 nitrogen and oxygen atoms in total. The molecule has 0 unspecified atom stereocenters. The Morgan fingerprint density at radius 3 is 2.87 bits per heavy atom. The van der Waals surface area contributed by atoms with Gasteiger partial charge in [0, 0.05) is 32.6 Å². The number of amides is 1. The van der Waals surface area contributed by atoms with E-state index >= 15 is 0 Å². The summed E-state index contributed by atoms with van der Waals surface area (Å²) < 4.78 is 0. The van der Waals surface area contributed by atoms with Gasteiger partial charge in [0.25, 0.3) is 0 Å². The first-order valence-corrected chi connectivity index (χ1v) is 5.79. The van der Waals surface area contributed by atoms with Gasteiger partial charge in [-0.15, -0.1) is 0 Å². The first-order valence-electron chi connectivity index (χ1n) is 5.79. The second-order valence-corrected chi connectivity index (χ2v) is 4.11. The van der Waals surface area contributed by atoms with Crippen LogP contribution in [0, 0.1) is 0 Å². The minimum absolute atomic E-state index is 0.166. The Bertz CT molecular complexity index is 209. The molecule has 1 saturated heterocycles. The van der Waals surface area contributed by atoms with E-state index in [9.17, 15) is 4.79 Å². The van der Waals surface area contributed by atoms with Crippen molar-refractivity contribution in [3.05, 3.63) is 0 Å². The predicted molar refractivity (Wildman–Crippen MR) is 59.6 cm³/mol. The zero-order valence-corrected chi connectivity index (χ0v) is 9.78. The van der Waals surface area contributed by atoms with Gasteiger partial charge in [0.1, 0.15) is 0 Å². The summed E-state index contributed by atoms with van der Waals surface area (Å²) in [6.45, 7) is 7.30. The number of rotatable bonds is 4. The van der Waals surface area contributed by atoms with Crippen LogP contribution in [0.4, 0.5) is 0 Å². The maximum absolute atomic E-state index is 11.3. The Labute approximate surface area is 91.9 Å². The fourth-order valence-electron chi connectivity index (χ4n) is 2.27. The van der Waals surface area contributed by atoms with Gasteiger partial charge in [-0.25, -0.2) is 0 Å². The van der Waals surface area contributed by atoms with Gasteiger partial charge < -0.3 is 10.0 Å². The van der Waals surface area contributed by atoms with E-state index in [0.717, 1.165) is 32.5 Å². The molecule has 1 amide bonds. The number of aliphatic hydroxyl groups excluding tert-OH is 1. The Balaban J connectivity index is 2.49. The lowest BCUT2D eigenvalue weighted by Crippen LogP contribution is -2.49. The van der Waals surface area contributed by atoms with Crippen LogP contribution in [0.25, 0.3) is 0 Å². The summed E-state index contributed by atoms with van der Waals surface area (Å²) in [4.78, 5) is 15.4. The van der Waals surface area contributed by atoms with E-state index < -0.39 is 0 Å². The molecule has 0 radical (unpaired) electrons. The van der Waals surface area contributed by atoms with Crippen LogP contribution in [-0.2, 0) is 4.79 Å². The monoisotopic (exact) mass is 214 g/mol. The molecule has 1 N–H and O–H groups in total. The summed E-state index contributed by atoms with van der Waals surface area (Å²) in [7, 11) is 0. The van der Waals surface area contributed by atoms with E-state index in [2.05, 4.69) is 11.8 Å². The van der Waals surface area contributed by atoms with Crippen molar-refractivity contribution in [1.29, 1.82) is 0 Å². The summed E-state index contributed by atoms with van der Waals surface area (Å²) in [5.74, 6) is 0.166. The summed E-state index contributed by atoms with van der Waals surface area (Å²) in [6.07, 6.45) is 2.21. The number of carbonyl (C=O) groups excluding carboxylic acids is 1. The molecular weight excluding hydrogens is 192 g/mol. The molecular formula is C11H22N2O2. The summed E-state index contributed by atoms with van der Waals surface area (Å²) in [6, 6.07) is 0.430. The van der Waals surface area contributed by atoms with Crippen LogP contribution < -0.4 is 0 Å². The van der Waals surface area contributed by atoms with Gasteiger partial charge >= 0.3 is 0 Å². The summed E-state index contributed by atoms with van der Waals surface area (Å²) in [5.41, 5.74) is 0. The lowest BCUT2D eigenvalue weighted by Gasteiger charge is -2.38. The number of piperidine rings is 1. The molecule has 0 aromatic heterocycles. The smallest absolute Gasteiger partial charge is 0.219 e. The highest BCUT2D eigenvalue weighted by Gasteiger charge is 2.25. The van der Waals surface area contributed by atoms with Crippen molar-refractivity contribution in [2.75, 3.05) is 32.8 Å². The van der Waals surface area contributed by atoms with Crippen LogP contribution in [0.15, 0.2) is 0 Å². The van der Waals surface area contributed by atoms with E-state index in [1.807, 2.05) is 4.90 Å². The van der Waals surface area contributed by atoms with Gasteiger partial charge in [-0.1, -0.05) is 6.92 Å². The SMILES string of the molecule is CCN(CCO)[C@H]1CCCN(C(C)=O)C1. The minimum Gasteiger partial charge on any atom is -0.395 e. The highest BCUT2D eigenvalue weighted by molar-refractivity contribution is 5.73. The van der Waals surface area contributed by atoms with E-state index in [1.54, 1.807) is 6.92 Å². The van der Waals surface area contributed by atoms with Crippen LogP contribution >= 0.6 is 0 Å². The van der Waals surface area contributed by atoms with Gasteiger partial charge in [-0.05, 0) is 19.4 Å². The lowest BCUT2D eigenvalue weighted by molar-refractivity contribution is -0.131. The molecule has 1 aliphatic heterocycles. The molecule has 88 valence electrons. The fraction of sp³-hybridized carbons (Fsp3) is 0.909. The maximum Gasteiger partial charge on any atom is 0.219 e. The quantitative estimate of drug-likeness (QED) is 0.732. The summed E-state index contributed by atoms with van der Waals surface area (Å²) in [5, 5.41) is 8.95. The number of likely N-dealkylation sites (tertiary alicyclic amines) is 1. The van der Waals surface area contributed by atoms with Crippen LogP contribution in [0.5, 0.6) is 0 Å². The van der Waals surface area contributed by atoms with Gasteiger partial charge in [-0.3, -0.25) is 9.69 Å². The average molecular weight is 214 g/mol. The zero-order chi connectivity index (χ0) is 11.3. The molecule has 0 aromatic carbocycles. The Morgan fingerprint density at radius 2 is 2.33 bits per heavy atom. The lowest BCUT2D eigenvalue weighted by atomic mass is 10.0. The number of nitrogens with zero attached hydrogens (tertiary/aromatic N) is 2. The molecule has 1 heterocycles. The van der Waals surface area contributed by atoms with Crippen molar-refractivity contribution in [3.63, 3.8) is 0 Å². The van der Waals surface area contributed by atoms with Crippen LogP contribution in [-0.4, -0.2) is 59.6 Å². The standard InChI is InChI=1S/C11H22N2O2/c1-3-12(7-8-14)11-5-4-6-13(9-11)10(2)15/h11,14H,3-9H2,1-2H3/t11-/m0/s1. The number of likely N-dealkylation sites (N-methyl/N-ethyl adjacent to an activating group) is 1. The van der Waals surface area contributed by atoms with E-state index in [4.69, 9.17) is 5.11 Å². The third kappa shape index (κ3) is 3.47. The Hall–Kier alpha value is -0.610. The minimum atomic E-state index is 0.166. The van der Waals surface area contributed by atoms with Crippen LogP contribution in [0.2, 0.25) is 0 Å². The highest BCUT2D eigenvalue weighted by atomic mass is 16.3. The normalized spacial score (nSPS) is 22.1. The third-order valence-corrected chi connectivity index (χ3v) is 3.15. The van der Waals surface area contributed by atoms with Crippen LogP contribution in [0.3, 0.4) is 0 Å². The number of hydrogen-bond acceptors (Lipinski definition) is 3.